The molecule has 122 valence electrons. The first-order valence-electron chi connectivity index (χ1n) is 7.61. The van der Waals surface area contributed by atoms with Crippen molar-refractivity contribution in [2.24, 2.45) is 0 Å². The van der Waals surface area contributed by atoms with Crippen molar-refractivity contribution >= 4 is 17.8 Å². The monoisotopic (exact) mass is 323 g/mol. The van der Waals surface area contributed by atoms with Crippen LogP contribution >= 0.6 is 0 Å². The van der Waals surface area contributed by atoms with Crippen molar-refractivity contribution in [1.82, 2.24) is 4.90 Å². The molecule has 0 spiro atoms. The fourth-order valence-corrected chi connectivity index (χ4v) is 2.63. The van der Waals surface area contributed by atoms with Gasteiger partial charge in [-0.05, 0) is 31.5 Å². The molecule has 0 unspecified atom stereocenters. The second kappa shape index (κ2) is 5.92. The van der Waals surface area contributed by atoms with Crippen LogP contribution in [0.15, 0.2) is 54.6 Å². The molecule has 0 N–H and O–H groups in total. The number of carbonyl (C=O) groups excluding carboxylic acids is 3. The second-order valence-corrected chi connectivity index (χ2v) is 6.14. The molecule has 1 aliphatic heterocycles. The molecule has 0 bridgehead atoms. The Morgan fingerprint density at radius 3 is 1.96 bits per heavy atom. The van der Waals surface area contributed by atoms with E-state index in [2.05, 4.69) is 0 Å². The maximum Gasteiger partial charge on any atom is 0.317 e. The number of rotatable bonds is 4. The molecule has 0 saturated heterocycles. The average molecular weight is 323 g/mol. The average Bonchev–Trinajstić information content (AvgIpc) is 2.85. The van der Waals surface area contributed by atoms with Gasteiger partial charge >= 0.3 is 5.97 Å². The fourth-order valence-electron chi connectivity index (χ4n) is 2.63. The standard InChI is InChI=1S/C19H17NO4/c1-19(2,13-8-4-3-5-9-13)18(23)24-12-20-16(21)14-10-6-7-11-15(14)17(20)22/h3-11H,12H2,1-2H3. The van der Waals surface area contributed by atoms with Crippen LogP contribution in [0.5, 0.6) is 0 Å². The number of hydrogen-bond acceptors (Lipinski definition) is 4. The van der Waals surface area contributed by atoms with Crippen molar-refractivity contribution in [3.63, 3.8) is 0 Å². The summed E-state index contributed by atoms with van der Waals surface area (Å²) in [6.45, 7) is 3.10. The highest BCUT2D eigenvalue weighted by Gasteiger charge is 2.37. The van der Waals surface area contributed by atoms with Crippen LogP contribution in [-0.4, -0.2) is 29.4 Å². The maximum absolute atomic E-state index is 12.4. The van der Waals surface area contributed by atoms with Crippen LogP contribution in [0, 0.1) is 0 Å². The molecule has 2 aromatic carbocycles. The highest BCUT2D eigenvalue weighted by Crippen LogP contribution is 2.26. The van der Waals surface area contributed by atoms with Gasteiger partial charge in [-0.1, -0.05) is 42.5 Å². The van der Waals surface area contributed by atoms with Gasteiger partial charge in [0.2, 0.25) is 0 Å². The Kier molecular flexibility index (Phi) is 3.93. The Labute approximate surface area is 139 Å². The Balaban J connectivity index is 1.72. The number of hydrogen-bond donors (Lipinski definition) is 0. The van der Waals surface area contributed by atoms with Gasteiger partial charge in [0.1, 0.15) is 0 Å². The summed E-state index contributed by atoms with van der Waals surface area (Å²) >= 11 is 0. The lowest BCUT2D eigenvalue weighted by Crippen LogP contribution is -2.38. The third-order valence-corrected chi connectivity index (χ3v) is 4.21. The first kappa shape index (κ1) is 15.9. The Morgan fingerprint density at radius 1 is 0.917 bits per heavy atom. The fraction of sp³-hybridized carbons (Fsp3) is 0.211. The van der Waals surface area contributed by atoms with E-state index in [9.17, 15) is 14.4 Å². The molecule has 2 amide bonds. The minimum atomic E-state index is -0.875. The first-order chi connectivity index (χ1) is 11.4. The van der Waals surface area contributed by atoms with Gasteiger partial charge in [-0.2, -0.15) is 0 Å². The smallest absolute Gasteiger partial charge is 0.317 e. The summed E-state index contributed by atoms with van der Waals surface area (Å²) in [5.74, 6) is -1.38. The first-order valence-corrected chi connectivity index (χ1v) is 7.61. The van der Waals surface area contributed by atoms with Crippen molar-refractivity contribution in [2.45, 2.75) is 19.3 Å². The molecule has 0 saturated carbocycles. The van der Waals surface area contributed by atoms with Crippen molar-refractivity contribution < 1.29 is 19.1 Å². The van der Waals surface area contributed by atoms with Crippen LogP contribution in [0.2, 0.25) is 0 Å². The number of carbonyl (C=O) groups is 3. The van der Waals surface area contributed by atoms with Crippen molar-refractivity contribution in [1.29, 1.82) is 0 Å². The molecule has 0 aromatic heterocycles. The quantitative estimate of drug-likeness (QED) is 0.641. The largest absolute Gasteiger partial charge is 0.443 e. The third kappa shape index (κ3) is 2.58. The Morgan fingerprint density at radius 2 is 1.42 bits per heavy atom. The zero-order valence-electron chi connectivity index (χ0n) is 13.5. The van der Waals surface area contributed by atoms with Crippen LogP contribution in [0.25, 0.3) is 0 Å². The maximum atomic E-state index is 12.4. The van der Waals surface area contributed by atoms with Crippen molar-refractivity contribution in [3.05, 3.63) is 71.3 Å². The topological polar surface area (TPSA) is 63.7 Å². The van der Waals surface area contributed by atoms with Crippen LogP contribution in [-0.2, 0) is 14.9 Å². The Bertz CT molecular complexity index is 776. The minimum absolute atomic E-state index is 0.334. The number of amides is 2. The summed E-state index contributed by atoms with van der Waals surface area (Å²) in [5.41, 5.74) is 0.596. The molecule has 0 aliphatic carbocycles. The number of nitrogens with zero attached hydrogens (tertiary/aromatic N) is 1. The zero-order chi connectivity index (χ0) is 17.3. The van der Waals surface area contributed by atoms with E-state index in [1.54, 1.807) is 38.1 Å². The molecule has 2 aromatic rings. The summed E-state index contributed by atoms with van der Waals surface area (Å²) in [7, 11) is 0. The van der Waals surface area contributed by atoms with Gasteiger partial charge in [-0.3, -0.25) is 14.4 Å². The van der Waals surface area contributed by atoms with Crippen molar-refractivity contribution in [2.75, 3.05) is 6.73 Å². The number of fused-ring (bicyclic) bond motifs is 1. The number of benzene rings is 2. The predicted octanol–water partition coefficient (Wildman–Crippen LogP) is 2.76. The van der Waals surface area contributed by atoms with Crippen LogP contribution < -0.4 is 0 Å². The predicted molar refractivity (Wildman–Crippen MR) is 87.4 cm³/mol. The lowest BCUT2D eigenvalue weighted by Gasteiger charge is -2.24. The molecule has 5 nitrogen and oxygen atoms in total. The summed E-state index contributed by atoms with van der Waals surface area (Å²) in [4.78, 5) is 37.9. The van der Waals surface area contributed by atoms with Crippen LogP contribution in [0.4, 0.5) is 0 Å². The summed E-state index contributed by atoms with van der Waals surface area (Å²) in [6, 6.07) is 15.8. The lowest BCUT2D eigenvalue weighted by molar-refractivity contribution is -0.152. The molecule has 1 heterocycles. The highest BCUT2D eigenvalue weighted by atomic mass is 16.5. The van der Waals surface area contributed by atoms with Crippen molar-refractivity contribution in [3.8, 4) is 0 Å². The zero-order valence-corrected chi connectivity index (χ0v) is 13.5. The molecule has 0 atom stereocenters. The summed E-state index contributed by atoms with van der Waals surface area (Å²) < 4.78 is 5.26. The number of ether oxygens (including phenoxy) is 1. The molecule has 24 heavy (non-hydrogen) atoms. The molecule has 3 rings (SSSR count). The SMILES string of the molecule is CC(C)(C(=O)OCN1C(=O)c2ccccc2C1=O)c1ccccc1. The summed E-state index contributed by atoms with van der Waals surface area (Å²) in [5, 5.41) is 0. The minimum Gasteiger partial charge on any atom is -0.443 e. The number of imide groups is 1. The van der Waals surface area contributed by atoms with Gasteiger partial charge < -0.3 is 4.74 Å². The van der Waals surface area contributed by atoms with E-state index in [4.69, 9.17) is 4.74 Å². The Hall–Kier alpha value is -2.95. The van der Waals surface area contributed by atoms with E-state index in [0.29, 0.717) is 11.1 Å². The van der Waals surface area contributed by atoms with E-state index >= 15 is 0 Å². The van der Waals surface area contributed by atoms with E-state index < -0.39 is 23.2 Å². The van der Waals surface area contributed by atoms with Crippen LogP contribution in [0.3, 0.4) is 0 Å². The van der Waals surface area contributed by atoms with Gasteiger partial charge in [-0.25, -0.2) is 4.90 Å². The van der Waals surface area contributed by atoms with E-state index in [1.807, 2.05) is 30.3 Å². The third-order valence-electron chi connectivity index (χ3n) is 4.21. The van der Waals surface area contributed by atoms with E-state index in [0.717, 1.165) is 10.5 Å². The molecule has 5 heteroatoms. The molecular formula is C19H17NO4. The number of esters is 1. The molecule has 0 fully saturated rings. The molecular weight excluding hydrogens is 306 g/mol. The van der Waals surface area contributed by atoms with Gasteiger partial charge in [0.25, 0.3) is 11.8 Å². The van der Waals surface area contributed by atoms with Gasteiger partial charge in [-0.15, -0.1) is 0 Å². The lowest BCUT2D eigenvalue weighted by atomic mass is 9.85. The van der Waals surface area contributed by atoms with Gasteiger partial charge in [0.05, 0.1) is 16.5 Å². The molecule has 1 aliphatic rings. The second-order valence-electron chi connectivity index (χ2n) is 6.14. The van der Waals surface area contributed by atoms with Crippen LogP contribution in [0.1, 0.15) is 40.1 Å². The molecule has 0 radical (unpaired) electrons. The van der Waals surface area contributed by atoms with E-state index in [-0.39, 0.29) is 6.73 Å². The van der Waals surface area contributed by atoms with Gasteiger partial charge in [0.15, 0.2) is 6.73 Å². The van der Waals surface area contributed by atoms with Gasteiger partial charge in [0, 0.05) is 0 Å². The van der Waals surface area contributed by atoms with E-state index in [1.165, 1.54) is 0 Å². The summed E-state index contributed by atoms with van der Waals surface area (Å²) in [6.07, 6.45) is 0. The highest BCUT2D eigenvalue weighted by molar-refractivity contribution is 6.21. The normalized spacial score (nSPS) is 13.8.